The lowest BCUT2D eigenvalue weighted by atomic mass is 9.71. The highest BCUT2D eigenvalue weighted by Gasteiger charge is 2.43. The molecule has 1 aromatic rings. The topological polar surface area (TPSA) is 60.0 Å². The van der Waals surface area contributed by atoms with Gasteiger partial charge in [0.25, 0.3) is 0 Å². The molecule has 2 rings (SSSR count). The van der Waals surface area contributed by atoms with Gasteiger partial charge in [0.05, 0.1) is 17.9 Å². The van der Waals surface area contributed by atoms with Gasteiger partial charge in [0.2, 0.25) is 0 Å². The van der Waals surface area contributed by atoms with Crippen LogP contribution in [0.1, 0.15) is 44.3 Å². The van der Waals surface area contributed by atoms with E-state index in [1.807, 2.05) is 7.05 Å². The SMILES string of the molecule is CC1CCCC(C(N)c2cnnn2C)(N(C)C)C1. The molecule has 1 aliphatic rings. The van der Waals surface area contributed by atoms with Crippen molar-refractivity contribution in [2.24, 2.45) is 18.7 Å². The number of hydrogen-bond donors (Lipinski definition) is 1. The van der Waals surface area contributed by atoms with Crippen molar-refractivity contribution in [3.63, 3.8) is 0 Å². The molecule has 1 fully saturated rings. The van der Waals surface area contributed by atoms with Crippen LogP contribution in [0.25, 0.3) is 0 Å². The van der Waals surface area contributed by atoms with Crippen molar-refractivity contribution in [2.75, 3.05) is 14.1 Å². The third kappa shape index (κ3) is 2.17. The normalized spacial score (nSPS) is 30.7. The summed E-state index contributed by atoms with van der Waals surface area (Å²) < 4.78 is 1.80. The van der Waals surface area contributed by atoms with E-state index in [0.29, 0.717) is 0 Å². The van der Waals surface area contributed by atoms with Crippen molar-refractivity contribution in [3.8, 4) is 0 Å². The van der Waals surface area contributed by atoms with Crippen LogP contribution in [0.3, 0.4) is 0 Å². The van der Waals surface area contributed by atoms with Gasteiger partial charge in [0.1, 0.15) is 0 Å². The number of hydrogen-bond acceptors (Lipinski definition) is 4. The van der Waals surface area contributed by atoms with Crippen LogP contribution in [0.2, 0.25) is 0 Å². The predicted molar refractivity (Wildman–Crippen MR) is 72.0 cm³/mol. The van der Waals surface area contributed by atoms with Crippen LogP contribution in [-0.4, -0.2) is 39.5 Å². The second-order valence-corrected chi connectivity index (χ2v) is 5.96. The fourth-order valence-electron chi connectivity index (χ4n) is 3.39. The van der Waals surface area contributed by atoms with E-state index in [-0.39, 0.29) is 11.6 Å². The summed E-state index contributed by atoms with van der Waals surface area (Å²) in [5.41, 5.74) is 7.63. The van der Waals surface area contributed by atoms with E-state index >= 15 is 0 Å². The van der Waals surface area contributed by atoms with Crippen molar-refractivity contribution in [1.82, 2.24) is 19.9 Å². The molecule has 18 heavy (non-hydrogen) atoms. The van der Waals surface area contributed by atoms with E-state index in [9.17, 15) is 0 Å². The first-order valence-corrected chi connectivity index (χ1v) is 6.75. The third-order valence-corrected chi connectivity index (χ3v) is 4.55. The van der Waals surface area contributed by atoms with Crippen LogP contribution in [0.4, 0.5) is 0 Å². The molecule has 1 saturated carbocycles. The van der Waals surface area contributed by atoms with Gasteiger partial charge in [-0.15, -0.1) is 5.10 Å². The van der Waals surface area contributed by atoms with Gasteiger partial charge >= 0.3 is 0 Å². The Morgan fingerprint density at radius 1 is 1.56 bits per heavy atom. The maximum atomic E-state index is 6.57. The average molecular weight is 251 g/mol. The molecule has 102 valence electrons. The zero-order valence-corrected chi connectivity index (χ0v) is 11.9. The summed E-state index contributed by atoms with van der Waals surface area (Å²) in [5, 5.41) is 7.97. The van der Waals surface area contributed by atoms with E-state index in [4.69, 9.17) is 5.73 Å². The molecular weight excluding hydrogens is 226 g/mol. The summed E-state index contributed by atoms with van der Waals surface area (Å²) in [7, 11) is 6.20. The van der Waals surface area contributed by atoms with E-state index in [2.05, 4.69) is 36.2 Å². The van der Waals surface area contributed by atoms with Gasteiger partial charge in [-0.05, 0) is 32.9 Å². The summed E-state index contributed by atoms with van der Waals surface area (Å²) in [5.74, 6) is 0.730. The van der Waals surface area contributed by atoms with Crippen LogP contribution >= 0.6 is 0 Å². The first kappa shape index (κ1) is 13.5. The van der Waals surface area contributed by atoms with Gasteiger partial charge in [-0.1, -0.05) is 25.0 Å². The zero-order chi connectivity index (χ0) is 13.3. The molecule has 5 heteroatoms. The van der Waals surface area contributed by atoms with Crippen LogP contribution in [0.15, 0.2) is 6.20 Å². The fraction of sp³-hybridized carbons (Fsp3) is 0.846. The van der Waals surface area contributed by atoms with Crippen molar-refractivity contribution < 1.29 is 0 Å². The summed E-state index contributed by atoms with van der Waals surface area (Å²) in [6.07, 6.45) is 6.66. The van der Waals surface area contributed by atoms with E-state index in [1.165, 1.54) is 12.8 Å². The minimum atomic E-state index is -0.0322. The van der Waals surface area contributed by atoms with Gasteiger partial charge in [-0.3, -0.25) is 4.68 Å². The Balaban J connectivity index is 2.33. The van der Waals surface area contributed by atoms with Gasteiger partial charge in [-0.2, -0.15) is 0 Å². The first-order chi connectivity index (χ1) is 8.47. The summed E-state index contributed by atoms with van der Waals surface area (Å²) >= 11 is 0. The molecule has 0 spiro atoms. The Kier molecular flexibility index (Phi) is 3.73. The molecule has 3 atom stereocenters. The molecule has 0 bridgehead atoms. The highest BCUT2D eigenvalue weighted by Crippen LogP contribution is 2.42. The molecule has 2 N–H and O–H groups in total. The van der Waals surface area contributed by atoms with Crippen molar-refractivity contribution in [1.29, 1.82) is 0 Å². The zero-order valence-electron chi connectivity index (χ0n) is 11.9. The van der Waals surface area contributed by atoms with Crippen LogP contribution in [0, 0.1) is 5.92 Å². The molecule has 3 unspecified atom stereocenters. The van der Waals surface area contributed by atoms with Crippen LogP contribution in [-0.2, 0) is 7.05 Å². The standard InChI is InChI=1S/C13H25N5/c1-10-6-5-7-13(8-10,17(2)3)12(14)11-9-15-16-18(11)4/h9-10,12H,5-8,14H2,1-4H3. The number of aryl methyl sites for hydroxylation is 1. The summed E-state index contributed by atoms with van der Waals surface area (Å²) in [4.78, 5) is 2.31. The van der Waals surface area contributed by atoms with E-state index in [0.717, 1.165) is 24.5 Å². The number of nitrogens with zero attached hydrogens (tertiary/aromatic N) is 4. The Morgan fingerprint density at radius 2 is 2.28 bits per heavy atom. The van der Waals surface area contributed by atoms with Crippen molar-refractivity contribution in [2.45, 2.75) is 44.2 Å². The Labute approximate surface area is 109 Å². The lowest BCUT2D eigenvalue weighted by Crippen LogP contribution is -2.55. The molecule has 0 aromatic carbocycles. The number of aromatic nitrogens is 3. The molecule has 0 radical (unpaired) electrons. The minimum Gasteiger partial charge on any atom is -0.321 e. The molecular formula is C13H25N5. The van der Waals surface area contributed by atoms with Gasteiger partial charge < -0.3 is 10.6 Å². The number of rotatable bonds is 3. The van der Waals surface area contributed by atoms with Gasteiger partial charge in [0.15, 0.2) is 0 Å². The number of likely N-dealkylation sites (N-methyl/N-ethyl adjacent to an activating group) is 1. The maximum absolute atomic E-state index is 6.57. The van der Waals surface area contributed by atoms with Gasteiger partial charge in [-0.25, -0.2) is 0 Å². The molecule has 1 aromatic heterocycles. The van der Waals surface area contributed by atoms with Gasteiger partial charge in [0, 0.05) is 12.6 Å². The minimum absolute atomic E-state index is 0.0322. The fourth-order valence-corrected chi connectivity index (χ4v) is 3.39. The van der Waals surface area contributed by atoms with E-state index < -0.39 is 0 Å². The summed E-state index contributed by atoms with van der Waals surface area (Å²) in [6, 6.07) is -0.0322. The lowest BCUT2D eigenvalue weighted by molar-refractivity contribution is 0.0475. The second kappa shape index (κ2) is 4.97. The van der Waals surface area contributed by atoms with Crippen molar-refractivity contribution >= 4 is 0 Å². The first-order valence-electron chi connectivity index (χ1n) is 6.75. The monoisotopic (exact) mass is 251 g/mol. The summed E-state index contributed by atoms with van der Waals surface area (Å²) in [6.45, 7) is 2.33. The molecule has 1 aliphatic carbocycles. The third-order valence-electron chi connectivity index (χ3n) is 4.55. The van der Waals surface area contributed by atoms with Crippen molar-refractivity contribution in [3.05, 3.63) is 11.9 Å². The Bertz CT molecular complexity index is 400. The second-order valence-electron chi connectivity index (χ2n) is 5.96. The molecule has 5 nitrogen and oxygen atoms in total. The maximum Gasteiger partial charge on any atom is 0.0770 e. The smallest absolute Gasteiger partial charge is 0.0770 e. The van der Waals surface area contributed by atoms with Crippen LogP contribution in [0.5, 0.6) is 0 Å². The quantitative estimate of drug-likeness (QED) is 0.880. The highest BCUT2D eigenvalue weighted by molar-refractivity contribution is 5.13. The molecule has 0 saturated heterocycles. The largest absolute Gasteiger partial charge is 0.321 e. The predicted octanol–water partition coefficient (Wildman–Crippen LogP) is 1.33. The molecule has 0 aliphatic heterocycles. The van der Waals surface area contributed by atoms with E-state index in [1.54, 1.807) is 10.9 Å². The van der Waals surface area contributed by atoms with Crippen LogP contribution < -0.4 is 5.73 Å². The lowest BCUT2D eigenvalue weighted by Gasteiger charge is -2.48. The average Bonchev–Trinajstić information content (AvgIpc) is 2.74. The highest BCUT2D eigenvalue weighted by atomic mass is 15.4. The molecule has 1 heterocycles. The Morgan fingerprint density at radius 3 is 2.78 bits per heavy atom. The molecule has 0 amide bonds. The number of nitrogens with two attached hydrogens (primary N) is 1. The Hall–Kier alpha value is -0.940.